The van der Waals surface area contributed by atoms with Gasteiger partial charge in [0.2, 0.25) is 10.0 Å². The van der Waals surface area contributed by atoms with Gasteiger partial charge in [0.05, 0.1) is 4.90 Å². The maximum Gasteiger partial charge on any atom is 0.251 e. The molecule has 0 spiro atoms. The van der Waals surface area contributed by atoms with Crippen molar-refractivity contribution >= 4 is 15.9 Å². The first kappa shape index (κ1) is 15.6. The molecule has 1 amide bonds. The van der Waals surface area contributed by atoms with Crippen molar-refractivity contribution in [3.8, 4) is 0 Å². The van der Waals surface area contributed by atoms with Crippen molar-refractivity contribution in [2.24, 2.45) is 5.73 Å². The van der Waals surface area contributed by atoms with Gasteiger partial charge in [-0.2, -0.15) is 0 Å². The van der Waals surface area contributed by atoms with Gasteiger partial charge in [-0.25, -0.2) is 13.1 Å². The quantitative estimate of drug-likeness (QED) is 0.688. The Balaban J connectivity index is 2.82. The fraction of sp³-hybridized carbons (Fsp3) is 0.417. The summed E-state index contributed by atoms with van der Waals surface area (Å²) in [6.07, 6.45) is 0.693. The number of hydrogen-bond acceptors (Lipinski definition) is 4. The highest BCUT2D eigenvalue weighted by Crippen LogP contribution is 2.10. The zero-order valence-electron chi connectivity index (χ0n) is 11.0. The molecule has 1 rings (SSSR count). The van der Waals surface area contributed by atoms with E-state index in [2.05, 4.69) is 10.0 Å². The highest BCUT2D eigenvalue weighted by Gasteiger charge is 2.15. The fourth-order valence-electron chi connectivity index (χ4n) is 1.37. The minimum atomic E-state index is -3.58. The third kappa shape index (κ3) is 4.30. The van der Waals surface area contributed by atoms with Crippen molar-refractivity contribution < 1.29 is 13.2 Å². The van der Waals surface area contributed by atoms with Gasteiger partial charge in [0, 0.05) is 25.2 Å². The van der Waals surface area contributed by atoms with Crippen molar-refractivity contribution in [3.05, 3.63) is 29.8 Å². The standard InChI is InChI=1S/C12H19N3O3S/c1-3-10(13)8-15-19(17,18)11-6-4-9(5-7-11)12(16)14-2/h4-7,10,15H,3,8,13H2,1-2H3,(H,14,16). The molecule has 106 valence electrons. The van der Waals surface area contributed by atoms with Crippen LogP contribution in [0, 0.1) is 0 Å². The third-order valence-electron chi connectivity index (χ3n) is 2.71. The van der Waals surface area contributed by atoms with Crippen molar-refractivity contribution in [1.29, 1.82) is 0 Å². The molecule has 4 N–H and O–H groups in total. The molecular weight excluding hydrogens is 266 g/mol. The van der Waals surface area contributed by atoms with Gasteiger partial charge in [0.1, 0.15) is 0 Å². The normalized spacial score (nSPS) is 13.0. The molecule has 0 aliphatic heterocycles. The van der Waals surface area contributed by atoms with E-state index in [-0.39, 0.29) is 23.4 Å². The molecule has 1 atom stereocenters. The number of carbonyl (C=O) groups excluding carboxylic acids is 1. The summed E-state index contributed by atoms with van der Waals surface area (Å²) in [5.74, 6) is -0.259. The summed E-state index contributed by atoms with van der Waals surface area (Å²) in [7, 11) is -2.06. The molecule has 0 bridgehead atoms. The molecule has 0 aliphatic rings. The van der Waals surface area contributed by atoms with Gasteiger partial charge < -0.3 is 11.1 Å². The Hall–Kier alpha value is -1.44. The van der Waals surface area contributed by atoms with E-state index in [1.54, 1.807) is 0 Å². The molecule has 7 heteroatoms. The minimum absolute atomic E-state index is 0.114. The van der Waals surface area contributed by atoms with Crippen molar-refractivity contribution in [1.82, 2.24) is 10.0 Å². The van der Waals surface area contributed by atoms with Crippen molar-refractivity contribution in [3.63, 3.8) is 0 Å². The van der Waals surface area contributed by atoms with Crippen LogP contribution in [0.2, 0.25) is 0 Å². The van der Waals surface area contributed by atoms with Gasteiger partial charge in [-0.05, 0) is 30.7 Å². The van der Waals surface area contributed by atoms with Gasteiger partial charge in [0.25, 0.3) is 5.91 Å². The second kappa shape index (κ2) is 6.65. The van der Waals surface area contributed by atoms with E-state index in [1.807, 2.05) is 6.92 Å². The lowest BCUT2D eigenvalue weighted by molar-refractivity contribution is 0.0963. The average molecular weight is 285 g/mol. The number of nitrogens with one attached hydrogen (secondary N) is 2. The Morgan fingerprint density at radius 2 is 1.89 bits per heavy atom. The molecule has 19 heavy (non-hydrogen) atoms. The van der Waals surface area contributed by atoms with E-state index in [4.69, 9.17) is 5.73 Å². The Bertz CT molecular complexity index is 526. The number of carbonyl (C=O) groups is 1. The summed E-state index contributed by atoms with van der Waals surface area (Å²) in [5.41, 5.74) is 6.07. The first-order valence-electron chi connectivity index (χ1n) is 5.98. The zero-order chi connectivity index (χ0) is 14.5. The molecule has 0 aromatic heterocycles. The van der Waals surface area contributed by atoms with Crippen LogP contribution in [0.4, 0.5) is 0 Å². The summed E-state index contributed by atoms with van der Waals surface area (Å²) in [5, 5.41) is 2.47. The lowest BCUT2D eigenvalue weighted by atomic mass is 10.2. The Morgan fingerprint density at radius 3 is 2.37 bits per heavy atom. The van der Waals surface area contributed by atoms with Gasteiger partial charge in [-0.15, -0.1) is 0 Å². The smallest absolute Gasteiger partial charge is 0.251 e. The predicted octanol–water partition coefficient (Wildman–Crippen LogP) is 0.0618. The van der Waals surface area contributed by atoms with Gasteiger partial charge in [-0.3, -0.25) is 4.79 Å². The van der Waals surface area contributed by atoms with Crippen LogP contribution in [0.1, 0.15) is 23.7 Å². The predicted molar refractivity (Wildman–Crippen MR) is 73.3 cm³/mol. The first-order valence-corrected chi connectivity index (χ1v) is 7.46. The Kier molecular flexibility index (Phi) is 5.46. The van der Waals surface area contributed by atoms with E-state index >= 15 is 0 Å². The van der Waals surface area contributed by atoms with E-state index < -0.39 is 10.0 Å². The number of rotatable bonds is 6. The minimum Gasteiger partial charge on any atom is -0.355 e. The van der Waals surface area contributed by atoms with Crippen LogP contribution >= 0.6 is 0 Å². The van der Waals surface area contributed by atoms with E-state index in [0.29, 0.717) is 12.0 Å². The number of hydrogen-bond donors (Lipinski definition) is 3. The largest absolute Gasteiger partial charge is 0.355 e. The van der Waals surface area contributed by atoms with Gasteiger partial charge in [-0.1, -0.05) is 6.92 Å². The molecule has 1 aromatic rings. The molecule has 0 saturated carbocycles. The number of amides is 1. The molecule has 6 nitrogen and oxygen atoms in total. The molecule has 1 aromatic carbocycles. The van der Waals surface area contributed by atoms with E-state index in [1.165, 1.54) is 31.3 Å². The van der Waals surface area contributed by atoms with E-state index in [0.717, 1.165) is 0 Å². The molecule has 0 heterocycles. The molecule has 0 aliphatic carbocycles. The van der Waals surface area contributed by atoms with Crippen molar-refractivity contribution in [2.75, 3.05) is 13.6 Å². The SMILES string of the molecule is CCC(N)CNS(=O)(=O)c1ccc(C(=O)NC)cc1. The molecule has 0 radical (unpaired) electrons. The molecule has 1 unspecified atom stereocenters. The number of benzene rings is 1. The zero-order valence-corrected chi connectivity index (χ0v) is 11.8. The number of nitrogens with two attached hydrogens (primary N) is 1. The van der Waals surface area contributed by atoms with Crippen LogP contribution in [0.5, 0.6) is 0 Å². The maximum absolute atomic E-state index is 11.9. The van der Waals surface area contributed by atoms with Crippen molar-refractivity contribution in [2.45, 2.75) is 24.3 Å². The summed E-state index contributed by atoms with van der Waals surface area (Å²) in [6.45, 7) is 2.08. The number of sulfonamides is 1. The maximum atomic E-state index is 11.9. The van der Waals surface area contributed by atoms with Crippen LogP contribution in [-0.2, 0) is 10.0 Å². The third-order valence-corrected chi connectivity index (χ3v) is 4.15. The topological polar surface area (TPSA) is 101 Å². The van der Waals surface area contributed by atoms with E-state index in [9.17, 15) is 13.2 Å². The van der Waals surface area contributed by atoms with Crippen LogP contribution < -0.4 is 15.8 Å². The van der Waals surface area contributed by atoms with Crippen LogP contribution in [0.25, 0.3) is 0 Å². The fourth-order valence-corrected chi connectivity index (χ4v) is 2.47. The molecular formula is C12H19N3O3S. The summed E-state index contributed by atoms with van der Waals surface area (Å²) in [4.78, 5) is 11.4. The molecule has 0 fully saturated rings. The van der Waals surface area contributed by atoms with Crippen LogP contribution in [0.15, 0.2) is 29.2 Å². The second-order valence-corrected chi connectivity index (χ2v) is 5.89. The second-order valence-electron chi connectivity index (χ2n) is 4.12. The van der Waals surface area contributed by atoms with Gasteiger partial charge >= 0.3 is 0 Å². The lowest BCUT2D eigenvalue weighted by Crippen LogP contribution is -2.36. The average Bonchev–Trinajstić information content (AvgIpc) is 2.44. The Labute approximate surface area is 113 Å². The summed E-state index contributed by atoms with van der Waals surface area (Å²) >= 11 is 0. The van der Waals surface area contributed by atoms with Crippen LogP contribution in [0.3, 0.4) is 0 Å². The van der Waals surface area contributed by atoms with Crippen LogP contribution in [-0.4, -0.2) is 34.0 Å². The highest BCUT2D eigenvalue weighted by molar-refractivity contribution is 7.89. The lowest BCUT2D eigenvalue weighted by Gasteiger charge is -2.11. The van der Waals surface area contributed by atoms with Gasteiger partial charge in [0.15, 0.2) is 0 Å². The first-order chi connectivity index (χ1) is 8.90. The summed E-state index contributed by atoms with van der Waals surface area (Å²) in [6, 6.07) is 5.51. The highest BCUT2D eigenvalue weighted by atomic mass is 32.2. The molecule has 0 saturated heterocycles. The summed E-state index contributed by atoms with van der Waals surface area (Å²) < 4.78 is 26.3. The monoisotopic (exact) mass is 285 g/mol. The Morgan fingerprint density at radius 1 is 1.32 bits per heavy atom.